The van der Waals surface area contributed by atoms with Gasteiger partial charge in [-0.25, -0.2) is 0 Å². The lowest BCUT2D eigenvalue weighted by molar-refractivity contribution is 0.148. The molecule has 0 aliphatic carbocycles. The first kappa shape index (κ1) is 11.0. The number of aliphatic hydroxyl groups is 1. The van der Waals surface area contributed by atoms with Crippen LogP contribution in [0.15, 0.2) is 0 Å². The Hall–Kier alpha value is -0.0400. The van der Waals surface area contributed by atoms with Gasteiger partial charge in [0.2, 0.25) is 0 Å². The lowest BCUT2D eigenvalue weighted by atomic mass is 9.75. The van der Waals surface area contributed by atoms with Gasteiger partial charge < -0.3 is 5.11 Å². The first-order chi connectivity index (χ1) is 5.04. The Labute approximate surface area is 70.8 Å². The third kappa shape index (κ3) is 3.76. The SMILES string of the molecule is CCCC(C)C(C)(C)CCO. The fourth-order valence-electron chi connectivity index (χ4n) is 1.36. The van der Waals surface area contributed by atoms with E-state index in [1.807, 2.05) is 0 Å². The van der Waals surface area contributed by atoms with E-state index in [4.69, 9.17) is 5.11 Å². The van der Waals surface area contributed by atoms with Crippen molar-refractivity contribution in [3.05, 3.63) is 0 Å². The monoisotopic (exact) mass is 158 g/mol. The van der Waals surface area contributed by atoms with Crippen molar-refractivity contribution in [2.75, 3.05) is 6.61 Å². The van der Waals surface area contributed by atoms with Crippen molar-refractivity contribution in [1.29, 1.82) is 0 Å². The molecule has 1 atom stereocenters. The summed E-state index contributed by atoms with van der Waals surface area (Å²) in [6.45, 7) is 9.29. The third-order valence-electron chi connectivity index (χ3n) is 2.81. The average Bonchev–Trinajstić information content (AvgIpc) is 1.88. The number of rotatable bonds is 5. The molecule has 0 amide bonds. The van der Waals surface area contributed by atoms with Gasteiger partial charge in [-0.2, -0.15) is 0 Å². The Balaban J connectivity index is 3.83. The van der Waals surface area contributed by atoms with Crippen molar-refractivity contribution in [1.82, 2.24) is 0 Å². The van der Waals surface area contributed by atoms with E-state index in [0.717, 1.165) is 12.3 Å². The fraction of sp³-hybridized carbons (Fsp3) is 1.00. The van der Waals surface area contributed by atoms with E-state index in [1.54, 1.807) is 0 Å². The first-order valence-electron chi connectivity index (χ1n) is 4.65. The fourth-order valence-corrected chi connectivity index (χ4v) is 1.36. The molecule has 0 heterocycles. The second-order valence-electron chi connectivity index (χ2n) is 4.15. The summed E-state index contributed by atoms with van der Waals surface area (Å²) in [6, 6.07) is 0. The van der Waals surface area contributed by atoms with Crippen LogP contribution in [0.25, 0.3) is 0 Å². The van der Waals surface area contributed by atoms with Gasteiger partial charge in [0.05, 0.1) is 0 Å². The zero-order chi connectivity index (χ0) is 8.91. The maximum Gasteiger partial charge on any atom is 0.0436 e. The van der Waals surface area contributed by atoms with Crippen molar-refractivity contribution in [2.45, 2.75) is 47.0 Å². The number of aliphatic hydroxyl groups excluding tert-OH is 1. The molecular weight excluding hydrogens is 136 g/mol. The molecule has 0 radical (unpaired) electrons. The summed E-state index contributed by atoms with van der Waals surface area (Å²) >= 11 is 0. The second-order valence-corrected chi connectivity index (χ2v) is 4.15. The van der Waals surface area contributed by atoms with E-state index in [9.17, 15) is 0 Å². The largest absolute Gasteiger partial charge is 0.396 e. The second kappa shape index (κ2) is 4.76. The third-order valence-corrected chi connectivity index (χ3v) is 2.81. The molecule has 0 saturated heterocycles. The standard InChI is InChI=1S/C10H22O/c1-5-6-9(2)10(3,4)7-8-11/h9,11H,5-8H2,1-4H3. The van der Waals surface area contributed by atoms with Crippen LogP contribution in [0.3, 0.4) is 0 Å². The van der Waals surface area contributed by atoms with Gasteiger partial charge in [0.15, 0.2) is 0 Å². The normalized spacial score (nSPS) is 15.0. The van der Waals surface area contributed by atoms with Gasteiger partial charge in [0.25, 0.3) is 0 Å². The van der Waals surface area contributed by atoms with E-state index < -0.39 is 0 Å². The summed E-state index contributed by atoms with van der Waals surface area (Å²) in [5.41, 5.74) is 0.310. The molecule has 0 aromatic rings. The maximum atomic E-state index is 8.82. The van der Waals surface area contributed by atoms with E-state index in [-0.39, 0.29) is 0 Å². The van der Waals surface area contributed by atoms with E-state index in [2.05, 4.69) is 27.7 Å². The average molecular weight is 158 g/mol. The summed E-state index contributed by atoms with van der Waals surface area (Å²) in [6.07, 6.45) is 3.44. The molecule has 1 unspecified atom stereocenters. The Kier molecular flexibility index (Phi) is 4.74. The summed E-state index contributed by atoms with van der Waals surface area (Å²) in [4.78, 5) is 0. The minimum absolute atomic E-state index is 0.310. The highest BCUT2D eigenvalue weighted by molar-refractivity contribution is 4.74. The molecule has 0 aliphatic rings. The van der Waals surface area contributed by atoms with E-state index in [1.165, 1.54) is 12.8 Å². The van der Waals surface area contributed by atoms with E-state index in [0.29, 0.717) is 12.0 Å². The number of hydrogen-bond donors (Lipinski definition) is 1. The highest BCUT2D eigenvalue weighted by Crippen LogP contribution is 2.32. The van der Waals surface area contributed by atoms with Crippen LogP contribution in [0.4, 0.5) is 0 Å². The lowest BCUT2D eigenvalue weighted by Gasteiger charge is -2.31. The molecule has 0 spiro atoms. The van der Waals surface area contributed by atoms with Crippen molar-refractivity contribution in [2.24, 2.45) is 11.3 Å². The van der Waals surface area contributed by atoms with Gasteiger partial charge in [0.1, 0.15) is 0 Å². The van der Waals surface area contributed by atoms with Crippen molar-refractivity contribution in [3.8, 4) is 0 Å². The van der Waals surface area contributed by atoms with Crippen LogP contribution in [0.1, 0.15) is 47.0 Å². The maximum absolute atomic E-state index is 8.82. The molecule has 68 valence electrons. The Bertz CT molecular complexity index is 97.0. The summed E-state index contributed by atoms with van der Waals surface area (Å²) in [5, 5.41) is 8.82. The molecule has 0 saturated carbocycles. The van der Waals surface area contributed by atoms with Crippen LogP contribution in [0, 0.1) is 11.3 Å². The molecule has 0 aromatic heterocycles. The molecule has 0 aromatic carbocycles. The first-order valence-corrected chi connectivity index (χ1v) is 4.65. The zero-order valence-electron chi connectivity index (χ0n) is 8.35. The van der Waals surface area contributed by atoms with Crippen molar-refractivity contribution < 1.29 is 5.11 Å². The van der Waals surface area contributed by atoms with Crippen LogP contribution in [-0.2, 0) is 0 Å². The van der Waals surface area contributed by atoms with Gasteiger partial charge >= 0.3 is 0 Å². The summed E-state index contributed by atoms with van der Waals surface area (Å²) in [7, 11) is 0. The summed E-state index contributed by atoms with van der Waals surface area (Å²) in [5.74, 6) is 0.722. The predicted octanol–water partition coefficient (Wildman–Crippen LogP) is 2.83. The topological polar surface area (TPSA) is 20.2 Å². The van der Waals surface area contributed by atoms with Crippen LogP contribution in [0.2, 0.25) is 0 Å². The smallest absolute Gasteiger partial charge is 0.0436 e. The van der Waals surface area contributed by atoms with Crippen molar-refractivity contribution >= 4 is 0 Å². The Morgan fingerprint density at radius 2 is 1.91 bits per heavy atom. The van der Waals surface area contributed by atoms with Gasteiger partial charge in [-0.05, 0) is 17.8 Å². The molecule has 0 fully saturated rings. The molecule has 1 N–H and O–H groups in total. The quantitative estimate of drug-likeness (QED) is 0.652. The lowest BCUT2D eigenvalue weighted by Crippen LogP contribution is -2.22. The molecule has 11 heavy (non-hydrogen) atoms. The van der Waals surface area contributed by atoms with Crippen LogP contribution >= 0.6 is 0 Å². The highest BCUT2D eigenvalue weighted by Gasteiger charge is 2.23. The minimum Gasteiger partial charge on any atom is -0.396 e. The molecule has 1 heteroatoms. The van der Waals surface area contributed by atoms with Gasteiger partial charge in [-0.15, -0.1) is 0 Å². The number of hydrogen-bond acceptors (Lipinski definition) is 1. The van der Waals surface area contributed by atoms with Gasteiger partial charge in [-0.3, -0.25) is 0 Å². The molecule has 1 nitrogen and oxygen atoms in total. The molecule has 0 bridgehead atoms. The molecular formula is C10H22O. The molecule has 0 aliphatic heterocycles. The summed E-state index contributed by atoms with van der Waals surface area (Å²) < 4.78 is 0. The Morgan fingerprint density at radius 1 is 1.36 bits per heavy atom. The van der Waals surface area contributed by atoms with Crippen LogP contribution in [-0.4, -0.2) is 11.7 Å². The molecule has 0 rings (SSSR count). The minimum atomic E-state index is 0.310. The highest BCUT2D eigenvalue weighted by atomic mass is 16.3. The van der Waals surface area contributed by atoms with Crippen LogP contribution < -0.4 is 0 Å². The predicted molar refractivity (Wildman–Crippen MR) is 49.6 cm³/mol. The zero-order valence-corrected chi connectivity index (χ0v) is 8.35. The van der Waals surface area contributed by atoms with Crippen molar-refractivity contribution in [3.63, 3.8) is 0 Å². The van der Waals surface area contributed by atoms with Gasteiger partial charge in [-0.1, -0.05) is 40.5 Å². The van der Waals surface area contributed by atoms with E-state index >= 15 is 0 Å². The van der Waals surface area contributed by atoms with Crippen LogP contribution in [0.5, 0.6) is 0 Å². The van der Waals surface area contributed by atoms with Gasteiger partial charge in [0, 0.05) is 6.61 Å². The Morgan fingerprint density at radius 3 is 2.27 bits per heavy atom.